The summed E-state index contributed by atoms with van der Waals surface area (Å²) in [5.74, 6) is 0.849. The van der Waals surface area contributed by atoms with Gasteiger partial charge in [-0.25, -0.2) is 9.97 Å². The highest BCUT2D eigenvalue weighted by atomic mass is 35.5. The smallest absolute Gasteiger partial charge is 0.156 e. The molecule has 0 saturated carbocycles. The molecule has 0 aliphatic rings. The molecule has 1 aromatic carbocycles. The first kappa shape index (κ1) is 11.5. The number of fused-ring (bicyclic) bond motifs is 1. The van der Waals surface area contributed by atoms with E-state index in [1.54, 1.807) is 6.20 Å². The summed E-state index contributed by atoms with van der Waals surface area (Å²) >= 11 is 11.9. The van der Waals surface area contributed by atoms with Crippen LogP contribution in [0.5, 0.6) is 0 Å². The molecule has 0 amide bonds. The summed E-state index contributed by atoms with van der Waals surface area (Å²) < 4.78 is 0. The van der Waals surface area contributed by atoms with E-state index in [1.807, 2.05) is 30.3 Å². The Morgan fingerprint density at radius 1 is 1.17 bits per heavy atom. The highest BCUT2D eigenvalue weighted by Crippen LogP contribution is 2.20. The summed E-state index contributed by atoms with van der Waals surface area (Å²) in [4.78, 5) is 11.7. The van der Waals surface area contributed by atoms with Crippen LogP contribution in [0.25, 0.3) is 11.0 Å². The maximum Gasteiger partial charge on any atom is 0.156 e. The predicted octanol–water partition coefficient (Wildman–Crippen LogP) is 3.86. The molecule has 0 spiro atoms. The number of rotatable bonds is 2. The Morgan fingerprint density at radius 2 is 2.06 bits per heavy atom. The molecule has 0 saturated heterocycles. The maximum absolute atomic E-state index is 5.98. The van der Waals surface area contributed by atoms with Crippen molar-refractivity contribution in [3.8, 4) is 0 Å². The van der Waals surface area contributed by atoms with Crippen LogP contribution in [0.1, 0.15) is 11.4 Å². The number of aromatic amines is 1. The Morgan fingerprint density at radius 3 is 2.83 bits per heavy atom. The molecule has 0 aliphatic carbocycles. The SMILES string of the molecule is Clc1cccc(Cc2nc3c(Cl)nccc3[nH]2)c1. The highest BCUT2D eigenvalue weighted by Gasteiger charge is 2.07. The van der Waals surface area contributed by atoms with Crippen LogP contribution in [0.15, 0.2) is 36.5 Å². The zero-order chi connectivity index (χ0) is 12.5. The van der Waals surface area contributed by atoms with E-state index in [2.05, 4.69) is 15.0 Å². The third-order valence-corrected chi connectivity index (χ3v) is 3.18. The van der Waals surface area contributed by atoms with E-state index in [0.717, 1.165) is 21.9 Å². The van der Waals surface area contributed by atoms with Crippen LogP contribution in [-0.2, 0) is 6.42 Å². The first-order chi connectivity index (χ1) is 8.72. The fourth-order valence-corrected chi connectivity index (χ4v) is 2.29. The van der Waals surface area contributed by atoms with Gasteiger partial charge in [0.25, 0.3) is 0 Å². The summed E-state index contributed by atoms with van der Waals surface area (Å²) in [6.45, 7) is 0. The van der Waals surface area contributed by atoms with E-state index in [4.69, 9.17) is 23.2 Å². The van der Waals surface area contributed by atoms with Crippen LogP contribution in [0, 0.1) is 0 Å². The first-order valence-corrected chi connectivity index (χ1v) is 6.21. The summed E-state index contributed by atoms with van der Waals surface area (Å²) in [6.07, 6.45) is 2.34. The van der Waals surface area contributed by atoms with Crippen LogP contribution in [0.4, 0.5) is 0 Å². The molecule has 2 heterocycles. The van der Waals surface area contributed by atoms with Crippen LogP contribution < -0.4 is 0 Å². The second-order valence-corrected chi connectivity index (χ2v) is 4.78. The number of hydrogen-bond donors (Lipinski definition) is 1. The minimum Gasteiger partial charge on any atom is -0.342 e. The van der Waals surface area contributed by atoms with Crippen molar-refractivity contribution in [1.29, 1.82) is 0 Å². The lowest BCUT2D eigenvalue weighted by Gasteiger charge is -1.98. The topological polar surface area (TPSA) is 41.6 Å². The lowest BCUT2D eigenvalue weighted by Crippen LogP contribution is -1.90. The summed E-state index contributed by atoms with van der Waals surface area (Å²) in [5.41, 5.74) is 2.70. The molecule has 18 heavy (non-hydrogen) atoms. The van der Waals surface area contributed by atoms with E-state index in [0.29, 0.717) is 17.1 Å². The molecule has 0 radical (unpaired) electrons. The van der Waals surface area contributed by atoms with Crippen LogP contribution >= 0.6 is 23.2 Å². The number of halogens is 2. The minimum absolute atomic E-state index is 0.418. The summed E-state index contributed by atoms with van der Waals surface area (Å²) in [5, 5.41) is 1.14. The van der Waals surface area contributed by atoms with Gasteiger partial charge in [-0.05, 0) is 23.8 Å². The van der Waals surface area contributed by atoms with Gasteiger partial charge in [-0.15, -0.1) is 0 Å². The standard InChI is InChI=1S/C13H9Cl2N3/c14-9-3-1-2-8(6-9)7-11-17-10-4-5-16-13(15)12(10)18-11/h1-6H,7H2,(H,17,18). The Bertz CT molecular complexity index is 706. The van der Waals surface area contributed by atoms with Crippen molar-refractivity contribution in [2.75, 3.05) is 0 Å². The Kier molecular flexibility index (Phi) is 2.94. The van der Waals surface area contributed by atoms with Gasteiger partial charge >= 0.3 is 0 Å². The van der Waals surface area contributed by atoms with Gasteiger partial charge in [-0.3, -0.25) is 0 Å². The number of hydrogen-bond acceptors (Lipinski definition) is 2. The molecule has 1 N–H and O–H groups in total. The van der Waals surface area contributed by atoms with Gasteiger partial charge < -0.3 is 4.98 Å². The molecule has 5 heteroatoms. The van der Waals surface area contributed by atoms with Gasteiger partial charge in [0.2, 0.25) is 0 Å². The largest absolute Gasteiger partial charge is 0.342 e. The fourth-order valence-electron chi connectivity index (χ4n) is 1.88. The molecule has 0 fully saturated rings. The molecule has 3 aromatic rings. The fraction of sp³-hybridized carbons (Fsp3) is 0.0769. The van der Waals surface area contributed by atoms with Crippen LogP contribution in [0.2, 0.25) is 10.2 Å². The number of imidazole rings is 1. The molecular formula is C13H9Cl2N3. The monoisotopic (exact) mass is 277 g/mol. The summed E-state index contributed by atoms with van der Waals surface area (Å²) in [6, 6.07) is 9.57. The molecule has 3 rings (SSSR count). The van der Waals surface area contributed by atoms with Gasteiger partial charge in [0, 0.05) is 17.6 Å². The van der Waals surface area contributed by atoms with E-state index < -0.39 is 0 Å². The quantitative estimate of drug-likeness (QED) is 0.723. The van der Waals surface area contributed by atoms with Gasteiger partial charge in [-0.2, -0.15) is 0 Å². The highest BCUT2D eigenvalue weighted by molar-refractivity contribution is 6.33. The number of H-pyrrole nitrogens is 1. The molecular weight excluding hydrogens is 269 g/mol. The molecule has 0 bridgehead atoms. The van der Waals surface area contributed by atoms with E-state index >= 15 is 0 Å². The predicted molar refractivity (Wildman–Crippen MR) is 73.2 cm³/mol. The Hall–Kier alpha value is -1.58. The number of aromatic nitrogens is 3. The van der Waals surface area contributed by atoms with Crippen LogP contribution in [0.3, 0.4) is 0 Å². The van der Waals surface area contributed by atoms with Crippen molar-refractivity contribution in [2.24, 2.45) is 0 Å². The third-order valence-electron chi connectivity index (χ3n) is 2.67. The van der Waals surface area contributed by atoms with E-state index in [1.165, 1.54) is 0 Å². The lowest BCUT2D eigenvalue weighted by molar-refractivity contribution is 1.04. The van der Waals surface area contributed by atoms with Crippen LogP contribution in [-0.4, -0.2) is 15.0 Å². The van der Waals surface area contributed by atoms with Gasteiger partial charge in [0.05, 0.1) is 5.52 Å². The zero-order valence-electron chi connectivity index (χ0n) is 9.32. The van der Waals surface area contributed by atoms with Gasteiger partial charge in [0.1, 0.15) is 11.3 Å². The van der Waals surface area contributed by atoms with E-state index in [-0.39, 0.29) is 0 Å². The average molecular weight is 278 g/mol. The second-order valence-electron chi connectivity index (χ2n) is 3.99. The molecule has 90 valence electrons. The van der Waals surface area contributed by atoms with Crippen molar-refractivity contribution < 1.29 is 0 Å². The van der Waals surface area contributed by atoms with Crippen molar-refractivity contribution in [1.82, 2.24) is 15.0 Å². The van der Waals surface area contributed by atoms with Gasteiger partial charge in [-0.1, -0.05) is 35.3 Å². The number of benzene rings is 1. The van der Waals surface area contributed by atoms with Crippen molar-refractivity contribution in [3.63, 3.8) is 0 Å². The van der Waals surface area contributed by atoms with Crippen molar-refractivity contribution in [3.05, 3.63) is 58.1 Å². The van der Waals surface area contributed by atoms with Gasteiger partial charge in [0.15, 0.2) is 5.15 Å². The first-order valence-electron chi connectivity index (χ1n) is 5.46. The molecule has 3 nitrogen and oxygen atoms in total. The average Bonchev–Trinajstić information content (AvgIpc) is 2.73. The summed E-state index contributed by atoms with van der Waals surface area (Å²) in [7, 11) is 0. The van der Waals surface area contributed by atoms with Crippen molar-refractivity contribution in [2.45, 2.75) is 6.42 Å². The number of pyridine rings is 1. The molecule has 2 aromatic heterocycles. The Labute approximate surface area is 114 Å². The molecule has 0 unspecified atom stereocenters. The number of nitrogens with one attached hydrogen (secondary N) is 1. The zero-order valence-corrected chi connectivity index (χ0v) is 10.8. The second kappa shape index (κ2) is 4.59. The third kappa shape index (κ3) is 2.19. The maximum atomic E-state index is 5.98. The van der Waals surface area contributed by atoms with Crippen molar-refractivity contribution >= 4 is 34.2 Å². The Balaban J connectivity index is 1.98. The molecule has 0 aliphatic heterocycles. The number of nitrogens with zero attached hydrogens (tertiary/aromatic N) is 2. The normalized spacial score (nSPS) is 11.0. The molecule has 0 atom stereocenters. The minimum atomic E-state index is 0.418. The van der Waals surface area contributed by atoms with E-state index in [9.17, 15) is 0 Å². The lowest BCUT2D eigenvalue weighted by atomic mass is 10.1.